The van der Waals surface area contributed by atoms with Gasteiger partial charge in [0, 0.05) is 37.3 Å². The van der Waals surface area contributed by atoms with Crippen LogP contribution in [0.15, 0.2) is 51.7 Å². The Morgan fingerprint density at radius 2 is 1.90 bits per heavy atom. The molecule has 1 aliphatic rings. The number of rotatable bonds is 6. The van der Waals surface area contributed by atoms with Crippen LogP contribution in [0.1, 0.15) is 35.4 Å². The zero-order valence-corrected chi connectivity index (χ0v) is 15.8. The monoisotopic (exact) mass is 402 g/mol. The Balaban J connectivity index is 1.98. The van der Waals surface area contributed by atoms with E-state index in [2.05, 4.69) is 0 Å². The predicted octanol–water partition coefficient (Wildman–Crippen LogP) is 0.650. The number of benzene rings is 1. The average molecular weight is 402 g/mol. The van der Waals surface area contributed by atoms with E-state index in [4.69, 9.17) is 9.15 Å². The number of methoxy groups -OCH3 is 1. The number of carbonyl (C=O) groups excluding carboxylic acids is 2. The van der Waals surface area contributed by atoms with E-state index in [1.54, 1.807) is 18.2 Å². The lowest BCUT2D eigenvalue weighted by Gasteiger charge is -2.46. The summed E-state index contributed by atoms with van der Waals surface area (Å²) in [6, 6.07) is 10.5. The molecule has 1 aliphatic carbocycles. The lowest BCUT2D eigenvalue weighted by Crippen LogP contribution is -2.66. The van der Waals surface area contributed by atoms with Crippen molar-refractivity contribution >= 4 is 11.6 Å². The predicted molar refractivity (Wildman–Crippen MR) is 101 cm³/mol. The molecule has 0 amide bonds. The number of hydrogen-bond acceptors (Lipinski definition) is 8. The minimum atomic E-state index is -2.46. The van der Waals surface area contributed by atoms with Gasteiger partial charge in [0.15, 0.2) is 17.2 Å². The molecule has 0 saturated heterocycles. The molecule has 29 heavy (non-hydrogen) atoms. The largest absolute Gasteiger partial charge is 0.496 e. The first-order chi connectivity index (χ1) is 13.7. The fraction of sp³-hybridized carbons (Fsp3) is 0.381. The number of carbonyl (C=O) groups is 2. The highest BCUT2D eigenvalue weighted by molar-refractivity contribution is 6.02. The molecule has 1 saturated carbocycles. The second kappa shape index (κ2) is 7.90. The van der Waals surface area contributed by atoms with Crippen LogP contribution in [0.25, 0.3) is 0 Å². The zero-order valence-electron chi connectivity index (χ0n) is 15.8. The van der Waals surface area contributed by atoms with E-state index < -0.39 is 53.8 Å². The van der Waals surface area contributed by atoms with Crippen molar-refractivity contribution in [1.82, 2.24) is 0 Å². The molecule has 0 aliphatic heterocycles. The third-order valence-electron chi connectivity index (χ3n) is 5.24. The van der Waals surface area contributed by atoms with Gasteiger partial charge in [0.2, 0.25) is 0 Å². The van der Waals surface area contributed by atoms with Crippen LogP contribution in [0.4, 0.5) is 0 Å². The molecule has 3 atom stereocenters. The van der Waals surface area contributed by atoms with Crippen LogP contribution >= 0.6 is 0 Å². The first kappa shape index (κ1) is 20.9. The van der Waals surface area contributed by atoms with Crippen molar-refractivity contribution in [3.63, 3.8) is 0 Å². The van der Waals surface area contributed by atoms with Crippen LogP contribution in [0.2, 0.25) is 0 Å². The second-order valence-corrected chi connectivity index (χ2v) is 7.30. The van der Waals surface area contributed by atoms with Crippen molar-refractivity contribution in [2.45, 2.75) is 43.0 Å². The van der Waals surface area contributed by atoms with Gasteiger partial charge in [0.25, 0.3) is 0 Å². The van der Waals surface area contributed by atoms with Gasteiger partial charge in [0.05, 0.1) is 19.3 Å². The smallest absolute Gasteiger partial charge is 0.339 e. The molecular formula is C21H22O8. The molecule has 1 fully saturated rings. The Hall–Kier alpha value is -2.81. The fourth-order valence-corrected chi connectivity index (χ4v) is 3.71. The molecule has 1 aromatic heterocycles. The van der Waals surface area contributed by atoms with Gasteiger partial charge in [-0.15, -0.1) is 0 Å². The maximum absolute atomic E-state index is 12.7. The highest BCUT2D eigenvalue weighted by atomic mass is 16.5. The molecule has 154 valence electrons. The van der Waals surface area contributed by atoms with Gasteiger partial charge in [0.1, 0.15) is 17.1 Å². The second-order valence-electron chi connectivity index (χ2n) is 7.30. The molecule has 2 aromatic rings. The lowest BCUT2D eigenvalue weighted by molar-refractivity contribution is -0.195. The molecule has 0 unspecified atom stereocenters. The quantitative estimate of drug-likeness (QED) is 0.600. The van der Waals surface area contributed by atoms with Crippen LogP contribution in [-0.4, -0.2) is 51.3 Å². The van der Waals surface area contributed by atoms with E-state index in [9.17, 15) is 29.7 Å². The van der Waals surface area contributed by atoms with Crippen LogP contribution < -0.4 is 10.4 Å². The Labute approximate surface area is 166 Å². The average Bonchev–Trinajstić information content (AvgIpc) is 2.66. The van der Waals surface area contributed by atoms with E-state index in [1.165, 1.54) is 25.3 Å². The SMILES string of the molecule is COc1cc(C[C@@]2(O)C[C@@H](O)CC(=O)[C@@]2(O)CC(=O)c2ccccc2)oc(=O)c1. The summed E-state index contributed by atoms with van der Waals surface area (Å²) in [5.74, 6) is -1.27. The van der Waals surface area contributed by atoms with Crippen LogP contribution in [0.5, 0.6) is 5.75 Å². The third-order valence-corrected chi connectivity index (χ3v) is 5.24. The summed E-state index contributed by atoms with van der Waals surface area (Å²) in [5.41, 5.74) is -5.15. The third kappa shape index (κ3) is 4.14. The summed E-state index contributed by atoms with van der Waals surface area (Å²) in [7, 11) is 1.34. The Kier molecular flexibility index (Phi) is 5.70. The number of Topliss-reactive ketones (excluding diaryl/α,β-unsaturated/α-hetero) is 2. The molecular weight excluding hydrogens is 380 g/mol. The molecule has 3 rings (SSSR count). The summed E-state index contributed by atoms with van der Waals surface area (Å²) >= 11 is 0. The van der Waals surface area contributed by atoms with Crippen LogP contribution in [0.3, 0.4) is 0 Å². The first-order valence-electron chi connectivity index (χ1n) is 9.09. The highest BCUT2D eigenvalue weighted by Crippen LogP contribution is 2.41. The molecule has 1 aromatic carbocycles. The Morgan fingerprint density at radius 1 is 1.21 bits per heavy atom. The molecule has 3 N–H and O–H groups in total. The van der Waals surface area contributed by atoms with Gasteiger partial charge < -0.3 is 24.5 Å². The van der Waals surface area contributed by atoms with Crippen molar-refractivity contribution < 1.29 is 34.1 Å². The minimum Gasteiger partial charge on any atom is -0.496 e. The Morgan fingerprint density at radius 3 is 2.55 bits per heavy atom. The molecule has 0 bridgehead atoms. The van der Waals surface area contributed by atoms with Gasteiger partial charge in [-0.1, -0.05) is 30.3 Å². The number of ketones is 2. The van der Waals surface area contributed by atoms with Gasteiger partial charge in [-0.2, -0.15) is 0 Å². The van der Waals surface area contributed by atoms with E-state index in [-0.39, 0.29) is 23.5 Å². The number of ether oxygens (including phenoxy) is 1. The molecule has 8 heteroatoms. The van der Waals surface area contributed by atoms with Gasteiger partial charge in [-0.25, -0.2) is 4.79 Å². The van der Waals surface area contributed by atoms with Crippen molar-refractivity contribution in [2.75, 3.05) is 7.11 Å². The maximum Gasteiger partial charge on any atom is 0.339 e. The molecule has 0 spiro atoms. The van der Waals surface area contributed by atoms with E-state index in [1.807, 2.05) is 0 Å². The molecule has 0 radical (unpaired) electrons. The van der Waals surface area contributed by atoms with E-state index >= 15 is 0 Å². The van der Waals surface area contributed by atoms with Gasteiger partial charge in [-0.05, 0) is 0 Å². The van der Waals surface area contributed by atoms with Gasteiger partial charge in [-0.3, -0.25) is 9.59 Å². The lowest BCUT2D eigenvalue weighted by atomic mass is 9.65. The first-order valence-corrected chi connectivity index (χ1v) is 9.09. The summed E-state index contributed by atoms with van der Waals surface area (Å²) in [4.78, 5) is 37.0. The highest BCUT2D eigenvalue weighted by Gasteiger charge is 2.59. The molecule has 1 heterocycles. The Bertz CT molecular complexity index is 966. The standard InChI is InChI=1S/C21H22O8/c1-28-15-8-16(29-19(25)9-15)11-20(26)10-14(22)7-18(24)21(20,27)12-17(23)13-5-3-2-4-6-13/h2-6,8-9,14,22,26-27H,7,10-12H2,1H3/t14-,20-,21-/m0/s1. The number of hydrogen-bond donors (Lipinski definition) is 3. The fourth-order valence-electron chi connectivity index (χ4n) is 3.71. The van der Waals surface area contributed by atoms with E-state index in [0.29, 0.717) is 0 Å². The van der Waals surface area contributed by atoms with E-state index in [0.717, 1.165) is 6.07 Å². The minimum absolute atomic E-state index is 0.0515. The topological polar surface area (TPSA) is 134 Å². The number of aliphatic hydroxyl groups excluding tert-OH is 1. The number of aliphatic hydroxyl groups is 3. The summed E-state index contributed by atoms with van der Waals surface area (Å²) < 4.78 is 10.1. The zero-order chi connectivity index (χ0) is 21.2. The summed E-state index contributed by atoms with van der Waals surface area (Å²) in [5, 5.41) is 32.5. The maximum atomic E-state index is 12.7. The normalized spacial score (nSPS) is 26.9. The summed E-state index contributed by atoms with van der Waals surface area (Å²) in [6.45, 7) is 0. The van der Waals surface area contributed by atoms with Gasteiger partial charge >= 0.3 is 5.63 Å². The van der Waals surface area contributed by atoms with Crippen LogP contribution in [-0.2, 0) is 11.2 Å². The van der Waals surface area contributed by atoms with Crippen molar-refractivity contribution in [2.24, 2.45) is 0 Å². The summed E-state index contributed by atoms with van der Waals surface area (Å²) in [6.07, 6.45) is -3.13. The van der Waals surface area contributed by atoms with Crippen LogP contribution in [0, 0.1) is 0 Å². The van der Waals surface area contributed by atoms with Crippen molar-refractivity contribution in [1.29, 1.82) is 0 Å². The molecule has 8 nitrogen and oxygen atoms in total. The van der Waals surface area contributed by atoms with Crippen molar-refractivity contribution in [3.05, 3.63) is 64.2 Å². The van der Waals surface area contributed by atoms with Crippen molar-refractivity contribution in [3.8, 4) is 5.75 Å².